The van der Waals surface area contributed by atoms with E-state index in [2.05, 4.69) is 45.1 Å². The summed E-state index contributed by atoms with van der Waals surface area (Å²) in [5.41, 5.74) is 0. The molecular formula is C4H10I2N-. The van der Waals surface area contributed by atoms with Gasteiger partial charge in [-0.05, 0) is 0 Å². The predicted octanol–water partition coefficient (Wildman–Crippen LogP) is -1.32. The van der Waals surface area contributed by atoms with Crippen LogP contribution in [-0.4, -0.2) is 12.3 Å². The Morgan fingerprint density at radius 3 is 2.00 bits per heavy atom. The fraction of sp³-hybridized carbons (Fsp3) is 1.00. The van der Waals surface area contributed by atoms with Crippen LogP contribution in [0.3, 0.4) is 0 Å². The van der Waals surface area contributed by atoms with Crippen molar-refractivity contribution in [3.05, 3.63) is 0 Å². The topological polar surface area (TPSA) is 3.24 Å². The molecule has 0 atom stereocenters. The molecule has 7 heavy (non-hydrogen) atoms. The van der Waals surface area contributed by atoms with Gasteiger partial charge in [-0.25, -0.2) is 0 Å². The summed E-state index contributed by atoms with van der Waals surface area (Å²) in [5, 5.41) is 0. The minimum absolute atomic E-state index is 0.326. The van der Waals surface area contributed by atoms with Crippen molar-refractivity contribution in [3.8, 4) is 0 Å². The molecule has 0 saturated carbocycles. The number of hydrogen-bond acceptors (Lipinski definition) is 1. The molecule has 0 aliphatic carbocycles. The standard InChI is InChI=1S/C4H10I2N/c1-4(2)6-7(3)5/h4H,1-3H3/q-1. The third kappa shape index (κ3) is 7.42. The van der Waals surface area contributed by atoms with Crippen LogP contribution in [0.15, 0.2) is 0 Å². The van der Waals surface area contributed by atoms with E-state index in [0.29, 0.717) is 21.5 Å². The Morgan fingerprint density at radius 2 is 2.00 bits per heavy atom. The molecule has 0 N–H and O–H groups in total. The van der Waals surface area contributed by atoms with Gasteiger partial charge in [-0.3, -0.25) is 0 Å². The summed E-state index contributed by atoms with van der Waals surface area (Å²) in [6.45, 7) is 4.53. The SMILES string of the molecule is CC(C)[I-]N(C)I. The molecule has 0 aromatic rings. The molecule has 0 aromatic heterocycles. The summed E-state index contributed by atoms with van der Waals surface area (Å²) < 4.78 is 3.18. The quantitative estimate of drug-likeness (QED) is 0.346. The normalized spacial score (nSPS) is 11.7. The van der Waals surface area contributed by atoms with Gasteiger partial charge in [-0.2, -0.15) is 0 Å². The van der Waals surface area contributed by atoms with Crippen molar-refractivity contribution in [2.24, 2.45) is 0 Å². The average molecular weight is 326 g/mol. The molecule has 3 heteroatoms. The maximum absolute atomic E-state index is 2.34. The molecule has 0 spiro atoms. The Kier molecular flexibility index (Phi) is 5.19. The van der Waals surface area contributed by atoms with E-state index in [1.54, 1.807) is 0 Å². The monoisotopic (exact) mass is 326 g/mol. The first-order valence-corrected chi connectivity index (χ1v) is 5.33. The zero-order chi connectivity index (χ0) is 5.86. The van der Waals surface area contributed by atoms with E-state index in [4.69, 9.17) is 0 Å². The molecule has 1 nitrogen and oxygen atoms in total. The molecule has 0 aromatic carbocycles. The van der Waals surface area contributed by atoms with Gasteiger partial charge < -0.3 is 0 Å². The molecular weight excluding hydrogens is 316 g/mol. The molecule has 0 heterocycles. The van der Waals surface area contributed by atoms with E-state index in [1.165, 1.54) is 0 Å². The van der Waals surface area contributed by atoms with Crippen molar-refractivity contribution in [3.63, 3.8) is 0 Å². The van der Waals surface area contributed by atoms with E-state index in [9.17, 15) is 0 Å². The van der Waals surface area contributed by atoms with Gasteiger partial charge in [0.1, 0.15) is 0 Å². The first-order chi connectivity index (χ1) is 3.13. The average Bonchev–Trinajstić information content (AvgIpc) is 1.27. The van der Waals surface area contributed by atoms with Gasteiger partial charge >= 0.3 is 70.5 Å². The third-order valence-electron chi connectivity index (χ3n) is 0.330. The molecule has 0 unspecified atom stereocenters. The second-order valence-electron chi connectivity index (χ2n) is 1.51. The Hall–Kier alpha value is 1.42. The van der Waals surface area contributed by atoms with Gasteiger partial charge in [0.25, 0.3) is 0 Å². The van der Waals surface area contributed by atoms with E-state index < -0.39 is 0 Å². The zero-order valence-corrected chi connectivity index (χ0v) is 9.10. The zero-order valence-electron chi connectivity index (χ0n) is 4.78. The Bertz CT molecular complexity index is 39.0. The summed E-state index contributed by atoms with van der Waals surface area (Å²) >= 11 is 2.67. The van der Waals surface area contributed by atoms with Gasteiger partial charge in [0, 0.05) is 0 Å². The maximum atomic E-state index is 2.34. The van der Waals surface area contributed by atoms with Crippen LogP contribution in [0.1, 0.15) is 13.8 Å². The van der Waals surface area contributed by atoms with Crippen LogP contribution >= 0.6 is 22.9 Å². The fourth-order valence-corrected chi connectivity index (χ4v) is 4.63. The Morgan fingerprint density at radius 1 is 1.57 bits per heavy atom. The van der Waals surface area contributed by atoms with Crippen LogP contribution < -0.4 is 21.5 Å². The van der Waals surface area contributed by atoms with Crippen molar-refractivity contribution >= 4 is 22.9 Å². The van der Waals surface area contributed by atoms with Gasteiger partial charge in [0.05, 0.1) is 0 Å². The second kappa shape index (κ2) is 4.31. The molecule has 46 valence electrons. The van der Waals surface area contributed by atoms with E-state index in [-0.39, 0.29) is 0 Å². The van der Waals surface area contributed by atoms with Gasteiger partial charge in [0.2, 0.25) is 0 Å². The first kappa shape index (κ1) is 8.42. The molecule has 0 aliphatic heterocycles. The molecule has 0 amide bonds. The summed E-state index contributed by atoms with van der Waals surface area (Å²) in [6.07, 6.45) is 0. The van der Waals surface area contributed by atoms with E-state index in [1.807, 2.05) is 0 Å². The van der Waals surface area contributed by atoms with Crippen LogP contribution in [-0.2, 0) is 0 Å². The summed E-state index contributed by atoms with van der Waals surface area (Å²) in [5.74, 6) is 0. The molecule has 0 radical (unpaired) electrons. The molecule has 0 aliphatic rings. The van der Waals surface area contributed by atoms with Crippen LogP contribution in [0.4, 0.5) is 0 Å². The van der Waals surface area contributed by atoms with Crippen LogP contribution in [0.25, 0.3) is 0 Å². The van der Waals surface area contributed by atoms with Crippen LogP contribution in [0, 0.1) is 0 Å². The van der Waals surface area contributed by atoms with Crippen molar-refractivity contribution < 1.29 is 21.5 Å². The van der Waals surface area contributed by atoms with Crippen molar-refractivity contribution in [2.75, 3.05) is 7.05 Å². The number of nitrogens with zero attached hydrogens (tertiary/aromatic N) is 1. The predicted molar refractivity (Wildman–Crippen MR) is 36.9 cm³/mol. The number of halogens is 2. The molecule has 0 saturated heterocycles. The Labute approximate surface area is 70.0 Å². The van der Waals surface area contributed by atoms with Gasteiger partial charge in [0.15, 0.2) is 0 Å². The summed E-state index contributed by atoms with van der Waals surface area (Å²) in [6, 6.07) is 0. The number of rotatable bonds is 2. The Balaban J connectivity index is 2.95. The van der Waals surface area contributed by atoms with Crippen molar-refractivity contribution in [1.82, 2.24) is 1.33 Å². The van der Waals surface area contributed by atoms with E-state index in [0.717, 1.165) is 3.92 Å². The third-order valence-corrected chi connectivity index (χ3v) is 3.62. The number of alkyl halides is 1. The van der Waals surface area contributed by atoms with Gasteiger partial charge in [-0.15, -0.1) is 0 Å². The summed E-state index contributed by atoms with van der Waals surface area (Å²) in [7, 11) is 2.13. The number of hydrogen-bond donors (Lipinski definition) is 0. The fourth-order valence-electron chi connectivity index (χ4n) is 0.269. The van der Waals surface area contributed by atoms with Crippen LogP contribution in [0.5, 0.6) is 0 Å². The second-order valence-corrected chi connectivity index (χ2v) is 9.30. The molecule has 0 rings (SSSR count). The van der Waals surface area contributed by atoms with Gasteiger partial charge in [-0.1, -0.05) is 0 Å². The van der Waals surface area contributed by atoms with Crippen molar-refractivity contribution in [1.29, 1.82) is 0 Å². The van der Waals surface area contributed by atoms with Crippen LogP contribution in [0.2, 0.25) is 0 Å². The van der Waals surface area contributed by atoms with Crippen molar-refractivity contribution in [2.45, 2.75) is 17.8 Å². The molecule has 0 fully saturated rings. The van der Waals surface area contributed by atoms with E-state index >= 15 is 0 Å². The first-order valence-electron chi connectivity index (χ1n) is 2.16. The molecule has 0 bridgehead atoms. The minimum atomic E-state index is 0.326. The summed E-state index contributed by atoms with van der Waals surface area (Å²) in [4.78, 5) is 0.